The van der Waals surface area contributed by atoms with Crippen LogP contribution in [0, 0.1) is 39.9 Å². The average Bonchev–Trinajstić information content (AvgIpc) is 3.29. The van der Waals surface area contributed by atoms with Crippen LogP contribution in [0.4, 0.5) is 5.69 Å². The number of hydrogen-bond donors (Lipinski definition) is 0. The highest BCUT2D eigenvalue weighted by molar-refractivity contribution is 8.09. The molecule has 232 valence electrons. The molecule has 2 heterocycles. The summed E-state index contributed by atoms with van der Waals surface area (Å²) in [4.78, 5) is 1.96. The van der Waals surface area contributed by atoms with Crippen molar-refractivity contribution in [3.05, 3.63) is 81.9 Å². The molecule has 0 saturated carbocycles. The van der Waals surface area contributed by atoms with Gasteiger partial charge in [0, 0.05) is 41.2 Å². The third kappa shape index (κ3) is 6.60. The summed E-state index contributed by atoms with van der Waals surface area (Å²) in [5, 5.41) is 28.8. The van der Waals surface area contributed by atoms with Gasteiger partial charge in [-0.15, -0.1) is 0 Å². The largest absolute Gasteiger partial charge is 0.493 e. The highest BCUT2D eigenvalue weighted by Gasteiger charge is 2.62. The number of benzene rings is 1. The molecule has 12 heteroatoms. The molecule has 0 fully saturated rings. The maximum Gasteiger partial charge on any atom is 0.335 e. The Balaban J connectivity index is 2.11. The number of nitrogens with zero attached hydrogens (tertiary/aromatic N) is 4. The first-order valence-corrected chi connectivity index (χ1v) is 17.9. The third-order valence-electron chi connectivity index (χ3n) is 7.47. The van der Waals surface area contributed by atoms with E-state index in [0.717, 1.165) is 48.5 Å². The van der Waals surface area contributed by atoms with Gasteiger partial charge in [0.1, 0.15) is 29.5 Å². The fourth-order valence-corrected chi connectivity index (χ4v) is 9.12. The predicted octanol–water partition coefficient (Wildman–Crippen LogP) is 5.73. The molecule has 0 aliphatic carbocycles. The van der Waals surface area contributed by atoms with Crippen molar-refractivity contribution in [3.8, 4) is 24.0 Å². The fraction of sp³-hybridized carbons (Fsp3) is 0.406. The summed E-state index contributed by atoms with van der Waals surface area (Å²) in [6.07, 6.45) is 10.4. The van der Waals surface area contributed by atoms with E-state index in [-0.39, 0.29) is 0 Å². The molecular weight excluding hydrogens is 601 g/mol. The lowest BCUT2D eigenvalue weighted by atomic mass is 10.0. The molecule has 1 unspecified atom stereocenters. The van der Waals surface area contributed by atoms with Crippen molar-refractivity contribution < 1.29 is 26.3 Å². The van der Waals surface area contributed by atoms with Gasteiger partial charge < -0.3 is 14.4 Å². The van der Waals surface area contributed by atoms with Gasteiger partial charge in [-0.1, -0.05) is 39.2 Å². The van der Waals surface area contributed by atoms with Crippen molar-refractivity contribution in [2.75, 3.05) is 24.0 Å². The van der Waals surface area contributed by atoms with Gasteiger partial charge in [0.25, 0.3) is 0 Å². The molecule has 3 rings (SSSR count). The van der Waals surface area contributed by atoms with Gasteiger partial charge in [-0.3, -0.25) is 0 Å². The lowest BCUT2D eigenvalue weighted by Crippen LogP contribution is -2.46. The van der Waals surface area contributed by atoms with Crippen molar-refractivity contribution in [1.29, 1.82) is 15.8 Å². The number of hydrogen-bond acceptors (Lipinski definition) is 10. The summed E-state index contributed by atoms with van der Waals surface area (Å²) in [6, 6.07) is 12.5. The van der Waals surface area contributed by atoms with Crippen molar-refractivity contribution in [2.45, 2.75) is 57.6 Å². The van der Waals surface area contributed by atoms with E-state index in [0.29, 0.717) is 30.6 Å². The van der Waals surface area contributed by atoms with Gasteiger partial charge in [0.05, 0.1) is 6.61 Å². The summed E-state index contributed by atoms with van der Waals surface area (Å²) in [6.45, 7) is 8.61. The standard InChI is InChI=1S/C32H36N4O6S2/c1-7-9-11-24(8-2)21-41-28-13-10-12-27(17-28)36-22(3)14-25(15-23(36)4)16-30-29(20-35)31(26(18-33)19-34)42-32(30,43(5,37)38)44(6,39)40/h10,12-17,24H,7-9,11,21H2,1-6H3. The molecule has 0 radical (unpaired) electrons. The van der Waals surface area contributed by atoms with Gasteiger partial charge in [0.2, 0.25) is 19.7 Å². The second kappa shape index (κ2) is 13.5. The number of sulfone groups is 2. The Morgan fingerprint density at radius 1 is 1.05 bits per heavy atom. The zero-order valence-corrected chi connectivity index (χ0v) is 27.3. The topological polar surface area (TPSA) is 161 Å². The van der Waals surface area contributed by atoms with Crippen LogP contribution in [0.1, 0.15) is 53.4 Å². The molecule has 0 amide bonds. The quantitative estimate of drug-likeness (QED) is 0.274. The van der Waals surface area contributed by atoms with E-state index in [1.54, 1.807) is 30.4 Å². The van der Waals surface area contributed by atoms with E-state index in [2.05, 4.69) is 13.8 Å². The number of unbranched alkanes of at least 4 members (excludes halogenated alkanes) is 1. The smallest absolute Gasteiger partial charge is 0.335 e. The average molecular weight is 637 g/mol. The monoisotopic (exact) mass is 636 g/mol. The number of anilines is 1. The minimum absolute atomic E-state index is 0.380. The zero-order valence-electron chi connectivity index (χ0n) is 25.7. The molecule has 1 aromatic carbocycles. The molecule has 0 saturated heterocycles. The van der Waals surface area contributed by atoms with Crippen molar-refractivity contribution in [1.82, 2.24) is 0 Å². The Hall–Kier alpha value is -4.31. The number of nitriles is 3. The lowest BCUT2D eigenvalue weighted by Gasteiger charge is -2.31. The minimum atomic E-state index is -4.63. The summed E-state index contributed by atoms with van der Waals surface area (Å²) >= 11 is 0. The van der Waals surface area contributed by atoms with Gasteiger partial charge in [0.15, 0.2) is 11.3 Å². The van der Waals surface area contributed by atoms with Crippen LogP contribution in [0.15, 0.2) is 81.9 Å². The van der Waals surface area contributed by atoms with E-state index in [1.807, 2.05) is 43.0 Å². The molecule has 1 atom stereocenters. The Kier molecular flexibility index (Phi) is 10.5. The summed E-state index contributed by atoms with van der Waals surface area (Å²) in [5.41, 5.74) is 0.893. The lowest BCUT2D eigenvalue weighted by molar-refractivity contribution is 0.198. The van der Waals surface area contributed by atoms with Crippen LogP contribution < -0.4 is 9.64 Å². The van der Waals surface area contributed by atoms with Crippen LogP contribution >= 0.6 is 0 Å². The Labute approximate surface area is 260 Å². The van der Waals surface area contributed by atoms with E-state index in [1.165, 1.54) is 6.08 Å². The summed E-state index contributed by atoms with van der Waals surface area (Å²) in [7, 11) is -9.27. The van der Waals surface area contributed by atoms with Crippen LogP contribution in [-0.4, -0.2) is 40.2 Å². The molecule has 2 aliphatic rings. The van der Waals surface area contributed by atoms with Gasteiger partial charge in [-0.05, 0) is 62.1 Å². The van der Waals surface area contributed by atoms with Crippen LogP contribution in [-0.2, 0) is 24.4 Å². The first kappa shape index (κ1) is 34.2. The zero-order chi connectivity index (χ0) is 32.9. The van der Waals surface area contributed by atoms with Gasteiger partial charge in [-0.2, -0.15) is 15.8 Å². The minimum Gasteiger partial charge on any atom is -0.493 e. The maximum atomic E-state index is 13.1. The summed E-state index contributed by atoms with van der Waals surface area (Å²) < 4.78 is 61.0. The third-order valence-corrected chi connectivity index (χ3v) is 11.8. The molecule has 0 bridgehead atoms. The van der Waals surface area contributed by atoms with E-state index < -0.39 is 46.4 Å². The Morgan fingerprint density at radius 3 is 2.16 bits per heavy atom. The molecule has 0 aromatic heterocycles. The predicted molar refractivity (Wildman–Crippen MR) is 168 cm³/mol. The fourth-order valence-electron chi connectivity index (χ4n) is 5.33. The second-order valence-electron chi connectivity index (χ2n) is 10.8. The van der Waals surface area contributed by atoms with Crippen LogP contribution in [0.3, 0.4) is 0 Å². The maximum absolute atomic E-state index is 13.1. The molecule has 1 aromatic rings. The first-order valence-electron chi connectivity index (χ1n) is 14.1. The molecule has 0 N–H and O–H groups in total. The molecule has 2 aliphatic heterocycles. The molecule has 44 heavy (non-hydrogen) atoms. The van der Waals surface area contributed by atoms with Crippen LogP contribution in [0.25, 0.3) is 0 Å². The van der Waals surface area contributed by atoms with Crippen molar-refractivity contribution in [3.63, 3.8) is 0 Å². The number of rotatable bonds is 11. The van der Waals surface area contributed by atoms with Gasteiger partial charge in [-0.25, -0.2) is 16.8 Å². The molecular formula is C32H36N4O6S2. The first-order chi connectivity index (χ1) is 20.7. The molecule has 0 spiro atoms. The highest BCUT2D eigenvalue weighted by Crippen LogP contribution is 2.47. The van der Waals surface area contributed by atoms with Crippen molar-refractivity contribution in [2.24, 2.45) is 5.92 Å². The van der Waals surface area contributed by atoms with Crippen LogP contribution in [0.2, 0.25) is 0 Å². The van der Waals surface area contributed by atoms with E-state index >= 15 is 0 Å². The normalized spacial score (nSPS) is 17.0. The number of ether oxygens (including phenoxy) is 2. The Bertz CT molecular complexity index is 1760. The van der Waals surface area contributed by atoms with Gasteiger partial charge >= 0.3 is 4.27 Å². The van der Waals surface area contributed by atoms with E-state index in [4.69, 9.17) is 9.47 Å². The SMILES string of the molecule is CCCCC(CC)COc1cccc(N2C(C)=CC(=CC3=C(C#N)C(=C(C#N)C#N)OC3(S(C)(=O)=O)S(C)(=O)=O)C=C2C)c1. The van der Waals surface area contributed by atoms with Crippen molar-refractivity contribution >= 4 is 25.4 Å². The Morgan fingerprint density at radius 2 is 1.66 bits per heavy atom. The highest BCUT2D eigenvalue weighted by atomic mass is 32.3. The summed E-state index contributed by atoms with van der Waals surface area (Å²) in [5.74, 6) is 0.494. The van der Waals surface area contributed by atoms with E-state index in [9.17, 15) is 32.6 Å². The number of allylic oxidation sites excluding steroid dienone is 7. The van der Waals surface area contributed by atoms with Crippen LogP contribution in [0.5, 0.6) is 5.75 Å². The second-order valence-corrected chi connectivity index (χ2v) is 15.3. The molecule has 10 nitrogen and oxygen atoms in total.